The van der Waals surface area contributed by atoms with Crippen LogP contribution in [0.1, 0.15) is 38.2 Å². The van der Waals surface area contributed by atoms with Crippen LogP contribution in [0.2, 0.25) is 0 Å². The van der Waals surface area contributed by atoms with Crippen molar-refractivity contribution in [1.29, 1.82) is 5.26 Å². The van der Waals surface area contributed by atoms with Gasteiger partial charge in [-0.15, -0.1) is 10.2 Å². The molecule has 1 aromatic carbocycles. The van der Waals surface area contributed by atoms with Gasteiger partial charge in [0.15, 0.2) is 21.6 Å². The van der Waals surface area contributed by atoms with E-state index in [2.05, 4.69) is 16.3 Å². The van der Waals surface area contributed by atoms with E-state index >= 15 is 0 Å². The number of nitrogens with zero attached hydrogens (tertiary/aromatic N) is 4. The molecule has 0 spiro atoms. The van der Waals surface area contributed by atoms with E-state index < -0.39 is 5.92 Å². The number of carbonyl (C=O) groups excluding carboxylic acids is 1. The van der Waals surface area contributed by atoms with Gasteiger partial charge in [-0.05, 0) is 24.2 Å². The molecule has 0 amide bonds. The summed E-state index contributed by atoms with van der Waals surface area (Å²) in [4.78, 5) is 15.5. The Kier molecular flexibility index (Phi) is 6.71. The predicted octanol–water partition coefficient (Wildman–Crippen LogP) is 4.23. The number of methoxy groups -OCH3 is 3. The number of nitrogens with two attached hydrogens (primary N) is 1. The molecule has 1 aromatic heterocycles. The van der Waals surface area contributed by atoms with Gasteiger partial charge >= 0.3 is 0 Å². The number of benzene rings is 1. The SMILES string of the molecule is COc1cc(OC)c(C2C(C#N)=C(N)N(c3nnc(SC)s3)C3=C2C(=O)CC(C)(C)C3)cc1OC. The lowest BCUT2D eigenvalue weighted by Crippen LogP contribution is -2.42. The molecule has 11 heteroatoms. The topological polar surface area (TPSA) is 124 Å². The average molecular weight is 514 g/mol. The van der Waals surface area contributed by atoms with Crippen LogP contribution in [0.5, 0.6) is 17.2 Å². The van der Waals surface area contributed by atoms with Gasteiger partial charge in [-0.1, -0.05) is 36.9 Å². The summed E-state index contributed by atoms with van der Waals surface area (Å²) in [5, 5.41) is 19.3. The number of hydrogen-bond acceptors (Lipinski definition) is 11. The number of Topliss-reactive ketones (excluding diaryl/α,β-unsaturated/α-hetero) is 1. The third-order valence-electron chi connectivity index (χ3n) is 6.19. The van der Waals surface area contributed by atoms with Crippen molar-refractivity contribution >= 4 is 34.0 Å². The van der Waals surface area contributed by atoms with Crippen LogP contribution >= 0.6 is 23.1 Å². The van der Waals surface area contributed by atoms with Gasteiger partial charge in [0.1, 0.15) is 11.6 Å². The molecule has 4 rings (SSSR count). The highest BCUT2D eigenvalue weighted by Gasteiger charge is 2.46. The standard InChI is InChI=1S/C24H27N5O4S2/c1-24(2)9-14-20(15(30)10-24)19(12-7-17(32-4)18(33-5)8-16(12)31-3)13(11-25)21(26)29(14)22-27-28-23(34-6)35-22/h7-8,19H,9-10,26H2,1-6H3. The number of rotatable bonds is 6. The first-order valence-corrected chi connectivity index (χ1v) is 12.9. The maximum Gasteiger partial charge on any atom is 0.219 e. The Bertz CT molecular complexity index is 1290. The Morgan fingerprint density at radius 2 is 1.80 bits per heavy atom. The number of ketones is 1. The molecular formula is C24H27N5O4S2. The van der Waals surface area contributed by atoms with Crippen molar-refractivity contribution < 1.29 is 19.0 Å². The first-order chi connectivity index (χ1) is 16.7. The van der Waals surface area contributed by atoms with Gasteiger partial charge in [-0.25, -0.2) is 0 Å². The molecule has 0 saturated carbocycles. The number of anilines is 1. The molecule has 1 aliphatic carbocycles. The van der Waals surface area contributed by atoms with E-state index in [9.17, 15) is 10.1 Å². The summed E-state index contributed by atoms with van der Waals surface area (Å²) < 4.78 is 17.4. The third-order valence-corrected chi connectivity index (χ3v) is 8.07. The van der Waals surface area contributed by atoms with Crippen molar-refractivity contribution in [3.8, 4) is 23.3 Å². The number of nitriles is 1. The highest BCUT2D eigenvalue weighted by molar-refractivity contribution is 8.00. The summed E-state index contributed by atoms with van der Waals surface area (Å²) in [5.74, 6) is 0.857. The van der Waals surface area contributed by atoms with E-state index in [1.165, 1.54) is 44.4 Å². The molecule has 2 aliphatic rings. The maximum absolute atomic E-state index is 13.7. The molecule has 9 nitrogen and oxygen atoms in total. The Morgan fingerprint density at radius 1 is 1.14 bits per heavy atom. The van der Waals surface area contributed by atoms with Gasteiger partial charge in [-0.2, -0.15) is 5.26 Å². The van der Waals surface area contributed by atoms with Crippen LogP contribution in [0.3, 0.4) is 0 Å². The number of ether oxygens (including phenoxy) is 3. The van der Waals surface area contributed by atoms with E-state index in [0.29, 0.717) is 46.4 Å². The molecule has 184 valence electrons. The van der Waals surface area contributed by atoms with Crippen LogP contribution in [-0.4, -0.2) is 43.6 Å². The zero-order valence-electron chi connectivity index (χ0n) is 20.5. The van der Waals surface area contributed by atoms with Crippen molar-refractivity contribution in [1.82, 2.24) is 10.2 Å². The van der Waals surface area contributed by atoms with Crippen LogP contribution in [-0.2, 0) is 4.79 Å². The molecule has 2 heterocycles. The van der Waals surface area contributed by atoms with Crippen molar-refractivity contribution in [3.63, 3.8) is 0 Å². The van der Waals surface area contributed by atoms with E-state index in [4.69, 9.17) is 19.9 Å². The van der Waals surface area contributed by atoms with Crippen molar-refractivity contribution in [2.24, 2.45) is 11.1 Å². The summed E-state index contributed by atoms with van der Waals surface area (Å²) in [5.41, 5.74) is 8.47. The largest absolute Gasteiger partial charge is 0.496 e. The van der Waals surface area contributed by atoms with Gasteiger partial charge in [0.25, 0.3) is 0 Å². The molecule has 0 bridgehead atoms. The number of thioether (sulfide) groups is 1. The molecule has 0 fully saturated rings. The monoisotopic (exact) mass is 513 g/mol. The zero-order chi connectivity index (χ0) is 25.5. The summed E-state index contributed by atoms with van der Waals surface area (Å²) >= 11 is 2.84. The molecular weight excluding hydrogens is 486 g/mol. The molecule has 1 aliphatic heterocycles. The van der Waals surface area contributed by atoms with E-state index in [-0.39, 0.29) is 22.6 Å². The van der Waals surface area contributed by atoms with E-state index in [0.717, 1.165) is 10.0 Å². The Balaban J connectivity index is 2.03. The van der Waals surface area contributed by atoms with Gasteiger partial charge in [0.05, 0.1) is 38.9 Å². The lowest BCUT2D eigenvalue weighted by atomic mass is 9.68. The summed E-state index contributed by atoms with van der Waals surface area (Å²) in [6.45, 7) is 4.10. The van der Waals surface area contributed by atoms with Gasteiger partial charge in [-0.3, -0.25) is 9.69 Å². The molecule has 2 aromatic rings. The molecule has 35 heavy (non-hydrogen) atoms. The fraction of sp³-hybridized carbons (Fsp3) is 0.417. The summed E-state index contributed by atoms with van der Waals surface area (Å²) in [7, 11) is 4.60. The van der Waals surface area contributed by atoms with Crippen LogP contribution in [0.25, 0.3) is 0 Å². The van der Waals surface area contributed by atoms with Crippen LogP contribution in [0, 0.1) is 16.7 Å². The minimum absolute atomic E-state index is 0.0436. The second kappa shape index (κ2) is 9.43. The zero-order valence-corrected chi connectivity index (χ0v) is 22.1. The number of allylic oxidation sites excluding steroid dienone is 3. The van der Waals surface area contributed by atoms with Crippen molar-refractivity contribution in [2.75, 3.05) is 32.5 Å². The summed E-state index contributed by atoms with van der Waals surface area (Å²) in [6.07, 6.45) is 2.84. The van der Waals surface area contributed by atoms with Crippen LogP contribution in [0.4, 0.5) is 5.13 Å². The second-order valence-corrected chi connectivity index (χ2v) is 11.0. The van der Waals surface area contributed by atoms with E-state index in [1.807, 2.05) is 20.1 Å². The first-order valence-electron chi connectivity index (χ1n) is 10.8. The normalized spacial score (nSPS) is 19.4. The fourth-order valence-corrected chi connectivity index (χ4v) is 5.99. The molecule has 1 atom stereocenters. The lowest BCUT2D eigenvalue weighted by molar-refractivity contribution is -0.118. The second-order valence-electron chi connectivity index (χ2n) is 8.98. The van der Waals surface area contributed by atoms with Crippen LogP contribution in [0.15, 0.2) is 39.1 Å². The highest BCUT2D eigenvalue weighted by Crippen LogP contribution is 2.53. The molecule has 1 unspecified atom stereocenters. The van der Waals surface area contributed by atoms with Gasteiger partial charge in [0.2, 0.25) is 5.13 Å². The number of hydrogen-bond donors (Lipinski definition) is 1. The molecule has 2 N–H and O–H groups in total. The quantitative estimate of drug-likeness (QED) is 0.561. The third kappa shape index (κ3) is 4.21. The maximum atomic E-state index is 13.7. The predicted molar refractivity (Wildman–Crippen MR) is 135 cm³/mol. The van der Waals surface area contributed by atoms with Gasteiger partial charge < -0.3 is 19.9 Å². The Labute approximate surface area is 212 Å². The van der Waals surface area contributed by atoms with Crippen LogP contribution < -0.4 is 24.8 Å². The number of aromatic nitrogens is 2. The molecule has 0 saturated heterocycles. The fourth-order valence-electron chi connectivity index (χ4n) is 4.69. The summed E-state index contributed by atoms with van der Waals surface area (Å²) in [6, 6.07) is 5.70. The lowest BCUT2D eigenvalue weighted by Gasteiger charge is -2.42. The number of carbonyl (C=O) groups is 1. The van der Waals surface area contributed by atoms with Gasteiger partial charge in [0, 0.05) is 29.3 Å². The minimum atomic E-state index is -0.724. The molecule has 0 radical (unpaired) electrons. The van der Waals surface area contributed by atoms with Crippen molar-refractivity contribution in [3.05, 3.63) is 40.4 Å². The Hall–Kier alpha value is -3.23. The van der Waals surface area contributed by atoms with E-state index in [1.54, 1.807) is 17.0 Å². The highest BCUT2D eigenvalue weighted by atomic mass is 32.2. The smallest absolute Gasteiger partial charge is 0.219 e. The average Bonchev–Trinajstić information content (AvgIpc) is 3.30. The Morgan fingerprint density at radius 3 is 2.37 bits per heavy atom. The minimum Gasteiger partial charge on any atom is -0.496 e. The van der Waals surface area contributed by atoms with Crippen molar-refractivity contribution in [2.45, 2.75) is 36.9 Å². The first kappa shape index (κ1) is 24.9.